The van der Waals surface area contributed by atoms with Crippen molar-refractivity contribution >= 4 is 5.78 Å². The quantitative estimate of drug-likeness (QED) is 0.478. The Morgan fingerprint density at radius 2 is 1.65 bits per heavy atom. The molecule has 0 N–H and O–H groups in total. The molecule has 1 heterocycles. The van der Waals surface area contributed by atoms with Crippen LogP contribution in [0, 0.1) is 13.8 Å². The van der Waals surface area contributed by atoms with Crippen molar-refractivity contribution in [3.05, 3.63) is 34.9 Å². The summed E-state index contributed by atoms with van der Waals surface area (Å²) in [7, 11) is 0. The van der Waals surface area contributed by atoms with Crippen molar-refractivity contribution in [2.45, 2.75) is 85.1 Å². The Morgan fingerprint density at radius 1 is 1.04 bits per heavy atom. The number of piperidine rings is 1. The van der Waals surface area contributed by atoms with Gasteiger partial charge in [-0.2, -0.15) is 0 Å². The van der Waals surface area contributed by atoms with E-state index in [-0.39, 0.29) is 38.8 Å². The topological polar surface area (TPSA) is 17.1 Å². The number of hydrogen-bond acceptors (Lipinski definition) is 1. The summed E-state index contributed by atoms with van der Waals surface area (Å²) in [5.74, 6) is 0.487. The number of rotatable bonds is 9. The van der Waals surface area contributed by atoms with E-state index in [1.54, 1.807) is 0 Å². The van der Waals surface area contributed by atoms with Gasteiger partial charge in [0.1, 0.15) is 6.04 Å². The molecule has 1 atom stereocenters. The van der Waals surface area contributed by atoms with Gasteiger partial charge in [0.15, 0.2) is 5.78 Å². The fourth-order valence-corrected chi connectivity index (χ4v) is 4.84. The van der Waals surface area contributed by atoms with Crippen molar-refractivity contribution < 1.29 is 42.0 Å². The van der Waals surface area contributed by atoms with Crippen molar-refractivity contribution in [1.82, 2.24) is 0 Å². The molecule has 1 saturated heterocycles. The van der Waals surface area contributed by atoms with Crippen molar-refractivity contribution in [1.29, 1.82) is 0 Å². The van der Waals surface area contributed by atoms with Crippen LogP contribution in [0.25, 0.3) is 0 Å². The van der Waals surface area contributed by atoms with Crippen LogP contribution in [0.1, 0.15) is 75.5 Å². The Morgan fingerprint density at radius 3 is 2.19 bits per heavy atom. The summed E-state index contributed by atoms with van der Waals surface area (Å²) in [5.41, 5.74) is 3.80. The molecule has 0 amide bonds. The summed E-state index contributed by atoms with van der Waals surface area (Å²) in [4.78, 5) is 13.5. The van der Waals surface area contributed by atoms with Crippen LogP contribution in [0.15, 0.2) is 18.2 Å². The van der Waals surface area contributed by atoms with E-state index in [4.69, 9.17) is 0 Å². The van der Waals surface area contributed by atoms with Gasteiger partial charge in [-0.3, -0.25) is 4.79 Å². The van der Waals surface area contributed by atoms with Gasteiger partial charge in [0, 0.05) is 45.6 Å². The minimum atomic E-state index is 0. The monoisotopic (exact) mass is 433 g/mol. The molecule has 2 nitrogen and oxygen atoms in total. The van der Waals surface area contributed by atoms with Crippen LogP contribution in [0.3, 0.4) is 0 Å². The third-order valence-corrected chi connectivity index (χ3v) is 6.24. The fraction of sp³-hybridized carbons (Fsp3) is 0.696. The fourth-order valence-electron chi connectivity index (χ4n) is 4.84. The zero-order chi connectivity index (χ0) is 18.3. The summed E-state index contributed by atoms with van der Waals surface area (Å²) in [6, 6.07) is 6.60. The van der Waals surface area contributed by atoms with E-state index in [1.807, 2.05) is 0 Å². The maximum absolute atomic E-state index is 13.5. The van der Waals surface area contributed by atoms with Gasteiger partial charge in [0.05, 0.1) is 19.6 Å². The third kappa shape index (κ3) is 5.98. The molecule has 143 valence electrons. The Labute approximate surface area is 186 Å². The first-order valence-corrected chi connectivity index (χ1v) is 10.5. The van der Waals surface area contributed by atoms with Crippen LogP contribution in [0.2, 0.25) is 0 Å². The molecule has 1 aromatic rings. The number of ketones is 1. The van der Waals surface area contributed by atoms with Gasteiger partial charge in [0.25, 0.3) is 0 Å². The number of hydrogen-bond donors (Lipinski definition) is 0. The molecule has 0 saturated carbocycles. The van der Waals surface area contributed by atoms with Crippen LogP contribution in [-0.4, -0.2) is 35.9 Å². The smallest absolute Gasteiger partial charge is 0.194 e. The Balaban J connectivity index is 0.00000338. The SMILES string of the molecule is CCCCC(C(=O)Cc1c(C)cccc1C)[N+]1(CCC)CCCCC1.[Y]. The van der Waals surface area contributed by atoms with E-state index in [0.29, 0.717) is 12.2 Å². The van der Waals surface area contributed by atoms with Gasteiger partial charge in [-0.25, -0.2) is 0 Å². The second-order valence-corrected chi connectivity index (χ2v) is 8.12. The Hall–Kier alpha value is -0.0461. The molecule has 1 aliphatic rings. The van der Waals surface area contributed by atoms with Gasteiger partial charge < -0.3 is 4.48 Å². The molecular weight excluding hydrogens is 395 g/mol. The summed E-state index contributed by atoms with van der Waals surface area (Å²) >= 11 is 0. The van der Waals surface area contributed by atoms with Crippen LogP contribution >= 0.6 is 0 Å². The third-order valence-electron chi connectivity index (χ3n) is 6.24. The molecule has 1 aromatic carbocycles. The second kappa shape index (κ2) is 11.7. The number of aryl methyl sites for hydroxylation is 2. The molecule has 0 aromatic heterocycles. The van der Waals surface area contributed by atoms with Crippen molar-refractivity contribution in [3.63, 3.8) is 0 Å². The van der Waals surface area contributed by atoms with E-state index in [2.05, 4.69) is 45.9 Å². The normalized spacial score (nSPS) is 17.4. The van der Waals surface area contributed by atoms with Gasteiger partial charge in [-0.15, -0.1) is 0 Å². The number of nitrogens with zero attached hydrogens (tertiary/aromatic N) is 1. The Bertz CT molecular complexity index is 538. The van der Waals surface area contributed by atoms with E-state index in [9.17, 15) is 4.79 Å². The van der Waals surface area contributed by atoms with Crippen LogP contribution < -0.4 is 0 Å². The zero-order valence-corrected chi connectivity index (χ0v) is 20.4. The summed E-state index contributed by atoms with van der Waals surface area (Å²) in [6.07, 6.45) is 9.15. The largest absolute Gasteiger partial charge is 0.315 e. The molecule has 0 spiro atoms. The molecule has 26 heavy (non-hydrogen) atoms. The van der Waals surface area contributed by atoms with Gasteiger partial charge in [-0.1, -0.05) is 38.5 Å². The summed E-state index contributed by atoms with van der Waals surface area (Å²) in [5, 5.41) is 0. The molecular formula is C23H38NOY+. The number of carbonyl (C=O) groups is 1. The van der Waals surface area contributed by atoms with Crippen molar-refractivity contribution in [2.24, 2.45) is 0 Å². The second-order valence-electron chi connectivity index (χ2n) is 8.12. The van der Waals surface area contributed by atoms with E-state index >= 15 is 0 Å². The maximum Gasteiger partial charge on any atom is 0.194 e. The number of carbonyl (C=O) groups excluding carboxylic acids is 1. The molecule has 3 heteroatoms. The van der Waals surface area contributed by atoms with Gasteiger partial charge in [0.2, 0.25) is 0 Å². The van der Waals surface area contributed by atoms with Gasteiger partial charge >= 0.3 is 0 Å². The molecule has 2 rings (SSSR count). The van der Waals surface area contributed by atoms with Crippen LogP contribution in [0.4, 0.5) is 0 Å². The van der Waals surface area contributed by atoms with Crippen LogP contribution in [-0.2, 0) is 43.9 Å². The molecule has 1 unspecified atom stereocenters. The predicted molar refractivity (Wildman–Crippen MR) is 107 cm³/mol. The zero-order valence-electron chi connectivity index (χ0n) is 17.5. The minimum Gasteiger partial charge on any atom is -0.315 e. The van der Waals surface area contributed by atoms with Crippen molar-refractivity contribution in [3.8, 4) is 0 Å². The minimum absolute atomic E-state index is 0. The molecule has 0 aliphatic carbocycles. The standard InChI is InChI=1S/C23H38NO.Y/c1-5-7-14-22(24(15-6-2)16-9-8-10-17-24)23(25)18-21-19(3)12-11-13-20(21)4;/h11-13,22H,5-10,14-18H2,1-4H3;/q+1;. The van der Waals surface area contributed by atoms with Crippen LogP contribution in [0.5, 0.6) is 0 Å². The number of benzene rings is 1. The van der Waals surface area contributed by atoms with E-state index < -0.39 is 0 Å². The first-order valence-electron chi connectivity index (χ1n) is 10.5. The number of quaternary nitrogens is 1. The molecule has 0 bridgehead atoms. The maximum atomic E-state index is 13.5. The molecule has 1 radical (unpaired) electrons. The van der Waals surface area contributed by atoms with E-state index in [0.717, 1.165) is 10.9 Å². The first kappa shape index (κ1) is 24.0. The number of Topliss-reactive ketones (excluding diaryl/α,β-unsaturated/α-hetero) is 1. The van der Waals surface area contributed by atoms with Crippen molar-refractivity contribution in [2.75, 3.05) is 19.6 Å². The average Bonchev–Trinajstić information content (AvgIpc) is 2.59. The Kier molecular flexibility index (Phi) is 10.8. The van der Waals surface area contributed by atoms with Gasteiger partial charge in [-0.05, 0) is 62.6 Å². The summed E-state index contributed by atoms with van der Waals surface area (Å²) in [6.45, 7) is 12.4. The predicted octanol–water partition coefficient (Wildman–Crippen LogP) is 5.38. The summed E-state index contributed by atoms with van der Waals surface area (Å²) < 4.78 is 1.07. The molecule has 1 fully saturated rings. The molecule has 1 aliphatic heterocycles. The average molecular weight is 433 g/mol. The number of unbranched alkanes of at least 4 members (excludes halogenated alkanes) is 1. The van der Waals surface area contributed by atoms with E-state index in [1.165, 1.54) is 74.8 Å². The first-order chi connectivity index (χ1) is 12.0. The number of likely N-dealkylation sites (tertiary alicyclic amines) is 1.